The Morgan fingerprint density at radius 2 is 0.923 bits per heavy atom. The van der Waals surface area contributed by atoms with Crippen molar-refractivity contribution < 1.29 is 29.6 Å². The van der Waals surface area contributed by atoms with Gasteiger partial charge in [-0.25, -0.2) is 4.79 Å². The Labute approximate surface area is 240 Å². The van der Waals surface area contributed by atoms with E-state index in [9.17, 15) is 24.9 Å². The quantitative estimate of drug-likeness (QED) is 0.0584. The highest BCUT2D eigenvalue weighted by Crippen LogP contribution is 2.25. The largest absolute Gasteiger partial charge is 0.479 e. The van der Waals surface area contributed by atoms with Gasteiger partial charge in [-0.05, 0) is 19.3 Å². The smallest absolute Gasteiger partial charge is 0.343 e. The number of rotatable bonds is 31. The minimum Gasteiger partial charge on any atom is -0.479 e. The normalized spacial score (nSPS) is 13.8. The third-order valence-corrected chi connectivity index (χ3v) is 7.95. The molecule has 0 aromatic rings. The number of Topliss-reactive ketones (excluding diaryl/α,β-unsaturated/α-hetero) is 1. The third-order valence-electron chi connectivity index (χ3n) is 7.95. The lowest BCUT2D eigenvalue weighted by molar-refractivity contribution is -0.179. The SMILES string of the molecule is CCCCCCCCCCCCCCCCCCCCC(OCCCCCCCC)(C(=O)O)C(=O)C(O)CO. The lowest BCUT2D eigenvalue weighted by Crippen LogP contribution is -2.54. The predicted molar refractivity (Wildman–Crippen MR) is 161 cm³/mol. The van der Waals surface area contributed by atoms with Crippen LogP contribution in [0.2, 0.25) is 0 Å². The van der Waals surface area contributed by atoms with Crippen LogP contribution in [-0.4, -0.2) is 52.0 Å². The summed E-state index contributed by atoms with van der Waals surface area (Å²) < 4.78 is 5.70. The number of carbonyl (C=O) groups is 2. The van der Waals surface area contributed by atoms with Gasteiger partial charge in [-0.1, -0.05) is 155 Å². The average molecular weight is 557 g/mol. The molecule has 0 saturated carbocycles. The van der Waals surface area contributed by atoms with Crippen molar-refractivity contribution in [2.24, 2.45) is 0 Å². The Bertz CT molecular complexity index is 566. The maximum atomic E-state index is 12.7. The number of ether oxygens (including phenoxy) is 1. The number of carbonyl (C=O) groups excluding carboxylic acids is 1. The first kappa shape index (κ1) is 38.0. The van der Waals surface area contributed by atoms with Crippen LogP contribution in [0.15, 0.2) is 0 Å². The van der Waals surface area contributed by atoms with Gasteiger partial charge in [-0.15, -0.1) is 0 Å². The van der Waals surface area contributed by atoms with Crippen molar-refractivity contribution in [1.82, 2.24) is 0 Å². The number of aliphatic carboxylic acids is 1. The summed E-state index contributed by atoms with van der Waals surface area (Å²) in [5.41, 5.74) is -2.07. The molecule has 0 radical (unpaired) electrons. The highest BCUT2D eigenvalue weighted by Gasteiger charge is 2.49. The van der Waals surface area contributed by atoms with Gasteiger partial charge in [0.2, 0.25) is 11.4 Å². The van der Waals surface area contributed by atoms with Crippen LogP contribution >= 0.6 is 0 Å². The van der Waals surface area contributed by atoms with Crippen molar-refractivity contribution in [3.05, 3.63) is 0 Å². The Morgan fingerprint density at radius 1 is 0.590 bits per heavy atom. The van der Waals surface area contributed by atoms with Crippen molar-refractivity contribution in [3.8, 4) is 0 Å². The van der Waals surface area contributed by atoms with Gasteiger partial charge in [0.25, 0.3) is 0 Å². The molecule has 2 unspecified atom stereocenters. The maximum absolute atomic E-state index is 12.7. The van der Waals surface area contributed by atoms with E-state index in [0.29, 0.717) is 12.8 Å². The second-order valence-corrected chi connectivity index (χ2v) is 11.6. The summed E-state index contributed by atoms with van der Waals surface area (Å²) in [4.78, 5) is 24.9. The van der Waals surface area contributed by atoms with Crippen LogP contribution in [0, 0.1) is 0 Å². The van der Waals surface area contributed by atoms with Gasteiger partial charge < -0.3 is 20.1 Å². The van der Waals surface area contributed by atoms with E-state index in [-0.39, 0.29) is 13.0 Å². The van der Waals surface area contributed by atoms with Crippen LogP contribution in [0.3, 0.4) is 0 Å². The molecular weight excluding hydrogens is 492 g/mol. The molecule has 0 amide bonds. The zero-order valence-corrected chi connectivity index (χ0v) is 25.7. The molecule has 0 saturated heterocycles. The van der Waals surface area contributed by atoms with E-state index in [0.717, 1.165) is 44.9 Å². The molecular formula is C33H64O6. The lowest BCUT2D eigenvalue weighted by atomic mass is 9.88. The van der Waals surface area contributed by atoms with Gasteiger partial charge in [0.15, 0.2) is 0 Å². The first-order valence-corrected chi connectivity index (χ1v) is 16.7. The second-order valence-electron chi connectivity index (χ2n) is 11.6. The van der Waals surface area contributed by atoms with Crippen LogP contribution in [-0.2, 0) is 14.3 Å². The van der Waals surface area contributed by atoms with Crippen LogP contribution in [0.1, 0.15) is 174 Å². The molecule has 6 heteroatoms. The fraction of sp³-hybridized carbons (Fsp3) is 0.939. The third kappa shape index (κ3) is 19.7. The summed E-state index contributed by atoms with van der Waals surface area (Å²) in [6.45, 7) is 3.79. The lowest BCUT2D eigenvalue weighted by Gasteiger charge is -2.30. The maximum Gasteiger partial charge on any atom is 0.343 e. The van der Waals surface area contributed by atoms with E-state index >= 15 is 0 Å². The number of carboxylic acids is 1. The van der Waals surface area contributed by atoms with Crippen molar-refractivity contribution in [3.63, 3.8) is 0 Å². The summed E-state index contributed by atoms with van der Waals surface area (Å²) >= 11 is 0. The molecule has 39 heavy (non-hydrogen) atoms. The molecule has 6 nitrogen and oxygen atoms in total. The van der Waals surface area contributed by atoms with Crippen molar-refractivity contribution in [2.75, 3.05) is 13.2 Å². The molecule has 0 aromatic carbocycles. The number of unbranched alkanes of at least 4 members (excludes halogenated alkanes) is 22. The summed E-state index contributed by atoms with van der Waals surface area (Å²) in [5.74, 6) is -2.30. The van der Waals surface area contributed by atoms with Gasteiger partial charge in [-0.2, -0.15) is 0 Å². The summed E-state index contributed by atoms with van der Waals surface area (Å²) in [7, 11) is 0. The van der Waals surface area contributed by atoms with E-state index in [1.807, 2.05) is 0 Å². The first-order valence-electron chi connectivity index (χ1n) is 16.7. The molecule has 0 aliphatic heterocycles. The number of hydrogen-bond acceptors (Lipinski definition) is 5. The van der Waals surface area contributed by atoms with E-state index < -0.39 is 30.1 Å². The van der Waals surface area contributed by atoms with Crippen LogP contribution in [0.4, 0.5) is 0 Å². The van der Waals surface area contributed by atoms with E-state index in [1.54, 1.807) is 0 Å². The fourth-order valence-corrected chi connectivity index (χ4v) is 5.30. The Morgan fingerprint density at radius 3 is 1.26 bits per heavy atom. The number of hydrogen-bond donors (Lipinski definition) is 3. The predicted octanol–water partition coefficient (Wildman–Crippen LogP) is 8.54. The molecule has 0 aliphatic carbocycles. The second kappa shape index (κ2) is 27.2. The molecule has 0 heterocycles. The molecule has 0 aliphatic rings. The Balaban J connectivity index is 4.07. The first-order chi connectivity index (χ1) is 19.0. The minimum atomic E-state index is -2.07. The van der Waals surface area contributed by atoms with Crippen LogP contribution in [0.5, 0.6) is 0 Å². The average Bonchev–Trinajstić information content (AvgIpc) is 2.93. The summed E-state index contributed by atoms with van der Waals surface area (Å²) in [6.07, 6.45) is 26.8. The summed E-state index contributed by atoms with van der Waals surface area (Å²) in [6, 6.07) is 0. The molecule has 0 spiro atoms. The number of aliphatic hydroxyl groups excluding tert-OH is 2. The Kier molecular flexibility index (Phi) is 26.5. The van der Waals surface area contributed by atoms with Crippen LogP contribution < -0.4 is 0 Å². The van der Waals surface area contributed by atoms with Gasteiger partial charge in [0.1, 0.15) is 6.10 Å². The molecule has 2 atom stereocenters. The van der Waals surface area contributed by atoms with Crippen molar-refractivity contribution in [1.29, 1.82) is 0 Å². The van der Waals surface area contributed by atoms with Gasteiger partial charge in [0, 0.05) is 6.61 Å². The van der Waals surface area contributed by atoms with Crippen molar-refractivity contribution in [2.45, 2.75) is 186 Å². The van der Waals surface area contributed by atoms with E-state index in [4.69, 9.17) is 4.74 Å². The molecule has 0 bridgehead atoms. The summed E-state index contributed by atoms with van der Waals surface area (Å²) in [5, 5.41) is 29.1. The highest BCUT2D eigenvalue weighted by atomic mass is 16.5. The minimum absolute atomic E-state index is 0.0345. The Hall–Kier alpha value is -0.980. The number of ketones is 1. The number of aliphatic hydroxyl groups is 2. The van der Waals surface area contributed by atoms with E-state index in [2.05, 4.69) is 13.8 Å². The van der Waals surface area contributed by atoms with E-state index in [1.165, 1.54) is 96.3 Å². The fourth-order valence-electron chi connectivity index (χ4n) is 5.30. The van der Waals surface area contributed by atoms with Crippen LogP contribution in [0.25, 0.3) is 0 Å². The topological polar surface area (TPSA) is 104 Å². The van der Waals surface area contributed by atoms with Crippen molar-refractivity contribution >= 4 is 11.8 Å². The molecule has 3 N–H and O–H groups in total. The molecule has 0 fully saturated rings. The zero-order chi connectivity index (χ0) is 29.0. The van der Waals surface area contributed by atoms with Gasteiger partial charge in [0.05, 0.1) is 6.61 Å². The monoisotopic (exact) mass is 556 g/mol. The standard InChI is InChI=1S/C33H64O6/c1-3-5-7-9-11-12-13-14-15-16-17-18-19-20-21-22-23-25-27-33(32(37)38,31(36)30(35)29-34)39-28-26-24-10-8-6-4-2/h30,34-35H,3-29H2,1-2H3,(H,37,38). The number of carboxylic acid groups (broad SMARTS) is 1. The molecule has 0 rings (SSSR count). The molecule has 0 aromatic heterocycles. The van der Waals surface area contributed by atoms with Gasteiger partial charge in [-0.3, -0.25) is 4.79 Å². The zero-order valence-electron chi connectivity index (χ0n) is 25.7. The molecule has 232 valence electrons. The highest BCUT2D eigenvalue weighted by molar-refractivity contribution is 6.08. The van der Waals surface area contributed by atoms with Gasteiger partial charge >= 0.3 is 5.97 Å².